The van der Waals surface area contributed by atoms with Crippen molar-refractivity contribution in [3.8, 4) is 11.3 Å². The Morgan fingerprint density at radius 3 is 2.82 bits per heavy atom. The highest BCUT2D eigenvalue weighted by molar-refractivity contribution is 5.93. The van der Waals surface area contributed by atoms with Crippen molar-refractivity contribution in [1.29, 1.82) is 0 Å². The molecule has 0 bridgehead atoms. The summed E-state index contributed by atoms with van der Waals surface area (Å²) in [5.74, 6) is 1.48. The second-order valence-corrected chi connectivity index (χ2v) is 4.72. The summed E-state index contributed by atoms with van der Waals surface area (Å²) in [4.78, 5) is 8.55. The molecule has 0 amide bonds. The van der Waals surface area contributed by atoms with Crippen LogP contribution in [0.4, 0.5) is 17.6 Å². The Hall–Kier alpha value is -3.42. The van der Waals surface area contributed by atoms with Crippen molar-refractivity contribution < 1.29 is 0 Å². The molecule has 4 rings (SSSR count). The van der Waals surface area contributed by atoms with Crippen LogP contribution in [-0.2, 0) is 0 Å². The molecule has 0 aliphatic rings. The lowest BCUT2D eigenvalue weighted by Crippen LogP contribution is -2.01. The van der Waals surface area contributed by atoms with Crippen molar-refractivity contribution in [3.05, 3.63) is 42.7 Å². The average Bonchev–Trinajstić information content (AvgIpc) is 3.20. The zero-order valence-corrected chi connectivity index (χ0v) is 11.4. The summed E-state index contributed by atoms with van der Waals surface area (Å²) in [5.41, 5.74) is 8.46. The molecule has 8 heteroatoms. The fourth-order valence-corrected chi connectivity index (χ4v) is 2.28. The molecule has 0 fully saturated rings. The summed E-state index contributed by atoms with van der Waals surface area (Å²) in [6.45, 7) is 0. The number of fused-ring (bicyclic) bond motifs is 1. The van der Waals surface area contributed by atoms with Gasteiger partial charge in [0.25, 0.3) is 0 Å². The predicted octanol–water partition coefficient (Wildman–Crippen LogP) is 2.07. The number of nitrogens with two attached hydrogens (primary N) is 1. The number of aromatic nitrogens is 6. The first-order valence-electron chi connectivity index (χ1n) is 6.63. The summed E-state index contributed by atoms with van der Waals surface area (Å²) >= 11 is 0. The number of anilines is 3. The van der Waals surface area contributed by atoms with Gasteiger partial charge < -0.3 is 11.1 Å². The van der Waals surface area contributed by atoms with Crippen molar-refractivity contribution >= 4 is 28.5 Å². The number of nitrogens with zero attached hydrogens (tertiary/aromatic N) is 4. The molecular weight excluding hydrogens is 280 g/mol. The molecule has 0 aliphatic carbocycles. The highest BCUT2D eigenvalue weighted by Crippen LogP contribution is 2.27. The highest BCUT2D eigenvalue weighted by atomic mass is 15.2. The Kier molecular flexibility index (Phi) is 2.72. The molecule has 0 atom stereocenters. The van der Waals surface area contributed by atoms with Gasteiger partial charge in [-0.15, -0.1) is 0 Å². The van der Waals surface area contributed by atoms with Crippen molar-refractivity contribution in [2.45, 2.75) is 0 Å². The zero-order chi connectivity index (χ0) is 14.9. The minimum absolute atomic E-state index is 0.201. The molecule has 0 spiro atoms. The van der Waals surface area contributed by atoms with Gasteiger partial charge in [0, 0.05) is 29.4 Å². The van der Waals surface area contributed by atoms with Gasteiger partial charge in [-0.3, -0.25) is 10.2 Å². The van der Waals surface area contributed by atoms with E-state index in [9.17, 15) is 0 Å². The van der Waals surface area contributed by atoms with E-state index >= 15 is 0 Å². The lowest BCUT2D eigenvalue weighted by Gasteiger charge is -2.08. The maximum Gasteiger partial charge on any atom is 0.222 e. The zero-order valence-electron chi connectivity index (χ0n) is 11.4. The maximum atomic E-state index is 5.81. The van der Waals surface area contributed by atoms with E-state index in [1.165, 1.54) is 0 Å². The number of nitrogens with one attached hydrogen (secondary N) is 3. The molecule has 8 nitrogen and oxygen atoms in total. The molecular formula is C14H12N8. The molecule has 0 saturated heterocycles. The molecule has 1 aromatic carbocycles. The molecule has 108 valence electrons. The van der Waals surface area contributed by atoms with Crippen LogP contribution < -0.4 is 11.1 Å². The molecule has 3 heterocycles. The van der Waals surface area contributed by atoms with E-state index in [0.717, 1.165) is 22.2 Å². The Balaban J connectivity index is 1.84. The number of benzene rings is 1. The molecule has 0 saturated carbocycles. The number of hydrogen-bond acceptors (Lipinski definition) is 6. The van der Waals surface area contributed by atoms with Crippen molar-refractivity contribution in [1.82, 2.24) is 30.4 Å². The van der Waals surface area contributed by atoms with Crippen molar-refractivity contribution in [2.24, 2.45) is 0 Å². The van der Waals surface area contributed by atoms with Crippen LogP contribution in [0.25, 0.3) is 22.2 Å². The second-order valence-electron chi connectivity index (χ2n) is 4.72. The fourth-order valence-electron chi connectivity index (χ4n) is 2.28. The van der Waals surface area contributed by atoms with E-state index in [1.807, 2.05) is 30.3 Å². The summed E-state index contributed by atoms with van der Waals surface area (Å²) in [5, 5.41) is 17.7. The van der Waals surface area contributed by atoms with Gasteiger partial charge in [-0.05, 0) is 18.2 Å². The lowest BCUT2D eigenvalue weighted by atomic mass is 10.1. The van der Waals surface area contributed by atoms with E-state index < -0.39 is 0 Å². The van der Waals surface area contributed by atoms with E-state index in [-0.39, 0.29) is 5.95 Å². The third kappa shape index (κ3) is 2.12. The smallest absolute Gasteiger partial charge is 0.222 e. The number of rotatable bonds is 3. The summed E-state index contributed by atoms with van der Waals surface area (Å²) in [6, 6.07) is 9.57. The van der Waals surface area contributed by atoms with Crippen LogP contribution in [0.3, 0.4) is 0 Å². The first-order valence-corrected chi connectivity index (χ1v) is 6.63. The summed E-state index contributed by atoms with van der Waals surface area (Å²) < 4.78 is 0. The van der Waals surface area contributed by atoms with Gasteiger partial charge in [0.15, 0.2) is 5.82 Å². The Morgan fingerprint density at radius 1 is 1.09 bits per heavy atom. The van der Waals surface area contributed by atoms with E-state index in [1.54, 1.807) is 12.4 Å². The normalized spacial score (nSPS) is 10.9. The van der Waals surface area contributed by atoms with Gasteiger partial charge in [-0.25, -0.2) is 4.98 Å². The Labute approximate surface area is 124 Å². The average molecular weight is 292 g/mol. The minimum atomic E-state index is 0.201. The monoisotopic (exact) mass is 292 g/mol. The van der Waals surface area contributed by atoms with E-state index in [2.05, 4.69) is 35.7 Å². The van der Waals surface area contributed by atoms with Gasteiger partial charge in [0.1, 0.15) is 5.82 Å². The third-order valence-corrected chi connectivity index (χ3v) is 3.27. The second kappa shape index (κ2) is 4.85. The molecule has 0 radical (unpaired) electrons. The van der Waals surface area contributed by atoms with Crippen LogP contribution in [0.2, 0.25) is 0 Å². The number of H-pyrrole nitrogens is 2. The highest BCUT2D eigenvalue weighted by Gasteiger charge is 2.09. The minimum Gasteiger partial charge on any atom is -0.368 e. The quantitative estimate of drug-likeness (QED) is 0.458. The largest absolute Gasteiger partial charge is 0.368 e. The molecule has 4 aromatic rings. The van der Waals surface area contributed by atoms with Gasteiger partial charge in [-0.2, -0.15) is 15.2 Å². The van der Waals surface area contributed by atoms with Crippen LogP contribution in [0.15, 0.2) is 42.7 Å². The van der Waals surface area contributed by atoms with Gasteiger partial charge >= 0.3 is 0 Å². The molecule has 3 aromatic heterocycles. The van der Waals surface area contributed by atoms with Crippen LogP contribution in [0.5, 0.6) is 0 Å². The number of nitrogen functional groups attached to an aromatic ring is 1. The maximum absolute atomic E-state index is 5.81. The van der Waals surface area contributed by atoms with Crippen LogP contribution >= 0.6 is 0 Å². The van der Waals surface area contributed by atoms with Crippen molar-refractivity contribution in [2.75, 3.05) is 11.1 Å². The Bertz CT molecular complexity index is 912. The summed E-state index contributed by atoms with van der Waals surface area (Å²) in [6.07, 6.45) is 3.43. The SMILES string of the molecule is Nc1nc(Nc2cc[nH]n2)c2ccc(-c3ccn[nH]3)cc2n1. The van der Waals surface area contributed by atoms with Crippen molar-refractivity contribution in [3.63, 3.8) is 0 Å². The van der Waals surface area contributed by atoms with E-state index in [0.29, 0.717) is 11.6 Å². The Morgan fingerprint density at radius 2 is 2.05 bits per heavy atom. The van der Waals surface area contributed by atoms with Gasteiger partial charge in [-0.1, -0.05) is 6.07 Å². The van der Waals surface area contributed by atoms with E-state index in [4.69, 9.17) is 5.73 Å². The van der Waals surface area contributed by atoms with Gasteiger partial charge in [0.05, 0.1) is 11.2 Å². The summed E-state index contributed by atoms with van der Waals surface area (Å²) in [7, 11) is 0. The molecule has 22 heavy (non-hydrogen) atoms. The van der Waals surface area contributed by atoms with Crippen LogP contribution in [0, 0.1) is 0 Å². The first-order chi connectivity index (χ1) is 10.8. The molecule has 0 aliphatic heterocycles. The van der Waals surface area contributed by atoms with Gasteiger partial charge in [0.2, 0.25) is 5.95 Å². The molecule has 5 N–H and O–H groups in total. The fraction of sp³-hybridized carbons (Fsp3) is 0. The lowest BCUT2D eigenvalue weighted by molar-refractivity contribution is 1.09. The predicted molar refractivity (Wildman–Crippen MR) is 83.4 cm³/mol. The third-order valence-electron chi connectivity index (χ3n) is 3.27. The van der Waals surface area contributed by atoms with Crippen LogP contribution in [-0.4, -0.2) is 30.4 Å². The number of hydrogen-bond donors (Lipinski definition) is 4. The number of aromatic amines is 2. The topological polar surface area (TPSA) is 121 Å². The molecule has 0 unspecified atom stereocenters. The first kappa shape index (κ1) is 12.3. The van der Waals surface area contributed by atoms with Crippen LogP contribution in [0.1, 0.15) is 0 Å². The standard InChI is InChI=1S/C14H12N8/c15-14-18-11-7-8(10-3-5-16-21-10)1-2-9(11)13(20-14)19-12-4-6-17-22-12/h1-7H,(H,16,21)(H4,15,17,18,19,20,22).